The maximum atomic E-state index is 13.0. The van der Waals surface area contributed by atoms with E-state index >= 15 is 0 Å². The van der Waals surface area contributed by atoms with Gasteiger partial charge >= 0.3 is 0 Å². The second-order valence-electron chi connectivity index (χ2n) is 8.44. The molecule has 178 valence electrons. The van der Waals surface area contributed by atoms with Crippen molar-refractivity contribution in [2.24, 2.45) is 0 Å². The normalized spacial score (nSPS) is 18.9. The molecule has 1 amide bonds. The van der Waals surface area contributed by atoms with Crippen LogP contribution in [0.15, 0.2) is 53.4 Å². The molecule has 1 atom stereocenters. The monoisotopic (exact) mass is 473 g/mol. The number of morpholine rings is 1. The van der Waals surface area contributed by atoms with Crippen LogP contribution in [0.4, 0.5) is 5.69 Å². The van der Waals surface area contributed by atoms with Gasteiger partial charge in [0.25, 0.3) is 5.91 Å². The van der Waals surface area contributed by atoms with E-state index in [1.54, 1.807) is 24.1 Å². The number of hydrogen-bond acceptors (Lipinski definition) is 6. The van der Waals surface area contributed by atoms with Crippen molar-refractivity contribution >= 4 is 21.6 Å². The minimum atomic E-state index is -3.72. The van der Waals surface area contributed by atoms with Crippen LogP contribution in [0.2, 0.25) is 0 Å². The van der Waals surface area contributed by atoms with Gasteiger partial charge in [-0.25, -0.2) is 13.1 Å². The number of amides is 1. The third kappa shape index (κ3) is 6.11. The number of nitrogens with one attached hydrogen (secondary N) is 1. The van der Waals surface area contributed by atoms with Crippen LogP contribution in [0, 0.1) is 0 Å². The minimum absolute atomic E-state index is 0.0783. The Labute approximate surface area is 195 Å². The molecule has 0 aromatic heterocycles. The average molecular weight is 474 g/mol. The first kappa shape index (κ1) is 23.7. The molecule has 9 heteroatoms. The first-order valence-corrected chi connectivity index (χ1v) is 12.8. The van der Waals surface area contributed by atoms with Crippen LogP contribution < -0.4 is 9.62 Å². The molecule has 4 rings (SSSR count). The Hall–Kier alpha value is -2.46. The van der Waals surface area contributed by atoms with Gasteiger partial charge in [-0.2, -0.15) is 0 Å². The van der Waals surface area contributed by atoms with Crippen molar-refractivity contribution in [3.63, 3.8) is 0 Å². The molecule has 33 heavy (non-hydrogen) atoms. The van der Waals surface area contributed by atoms with Gasteiger partial charge in [0.1, 0.15) is 0 Å². The summed E-state index contributed by atoms with van der Waals surface area (Å²) in [6, 6.07) is 14.3. The molecule has 2 saturated heterocycles. The van der Waals surface area contributed by atoms with Crippen LogP contribution in [0.1, 0.15) is 28.8 Å². The minimum Gasteiger partial charge on any atom is -0.378 e. The number of anilines is 1. The van der Waals surface area contributed by atoms with Crippen molar-refractivity contribution < 1.29 is 22.7 Å². The van der Waals surface area contributed by atoms with Crippen LogP contribution in [-0.4, -0.2) is 71.8 Å². The Morgan fingerprint density at radius 3 is 2.58 bits per heavy atom. The van der Waals surface area contributed by atoms with E-state index in [1.807, 2.05) is 12.1 Å². The lowest BCUT2D eigenvalue weighted by molar-refractivity contribution is 0.0785. The zero-order chi connectivity index (χ0) is 23.3. The first-order valence-electron chi connectivity index (χ1n) is 11.3. The van der Waals surface area contributed by atoms with Crippen molar-refractivity contribution in [3.8, 4) is 0 Å². The second-order valence-corrected chi connectivity index (χ2v) is 10.2. The molecule has 0 saturated carbocycles. The Kier molecular flexibility index (Phi) is 7.64. The summed E-state index contributed by atoms with van der Waals surface area (Å²) in [5, 5.41) is 0. The number of carbonyl (C=O) groups is 1. The number of rotatable bonds is 8. The smallest absolute Gasteiger partial charge is 0.253 e. The third-order valence-electron chi connectivity index (χ3n) is 6.00. The van der Waals surface area contributed by atoms with E-state index in [2.05, 4.69) is 21.8 Å². The molecule has 2 aliphatic rings. The van der Waals surface area contributed by atoms with Crippen LogP contribution >= 0.6 is 0 Å². The van der Waals surface area contributed by atoms with Gasteiger partial charge in [0, 0.05) is 51.1 Å². The van der Waals surface area contributed by atoms with Crippen molar-refractivity contribution in [3.05, 3.63) is 59.7 Å². The highest BCUT2D eigenvalue weighted by molar-refractivity contribution is 7.89. The van der Waals surface area contributed by atoms with Gasteiger partial charge in [-0.05, 0) is 48.7 Å². The number of nitrogens with zero attached hydrogens (tertiary/aromatic N) is 2. The van der Waals surface area contributed by atoms with E-state index in [-0.39, 0.29) is 23.5 Å². The molecule has 8 nitrogen and oxygen atoms in total. The Balaban J connectivity index is 1.38. The lowest BCUT2D eigenvalue weighted by Crippen LogP contribution is -2.36. The number of carbonyl (C=O) groups excluding carboxylic acids is 1. The van der Waals surface area contributed by atoms with Gasteiger partial charge in [0.15, 0.2) is 0 Å². The molecule has 2 heterocycles. The largest absolute Gasteiger partial charge is 0.378 e. The second kappa shape index (κ2) is 10.6. The highest BCUT2D eigenvalue weighted by Crippen LogP contribution is 2.19. The molecule has 0 radical (unpaired) electrons. The van der Waals surface area contributed by atoms with Gasteiger partial charge in [-0.15, -0.1) is 0 Å². The number of sulfonamides is 1. The van der Waals surface area contributed by atoms with Crippen LogP contribution in [0.3, 0.4) is 0 Å². The molecule has 0 bridgehead atoms. The highest BCUT2D eigenvalue weighted by Gasteiger charge is 2.22. The standard InChI is InChI=1S/C24H31N3O5S/c1-26(18-19-7-9-21(10-8-19)27-11-14-31-15-12-27)24(28)20-4-2-6-23(16-20)33(29,30)25-17-22-5-3-13-32-22/h2,4,6-10,16,22,25H,3,5,11-15,17-18H2,1H3. The molecule has 1 unspecified atom stereocenters. The molecular weight excluding hydrogens is 442 g/mol. The lowest BCUT2D eigenvalue weighted by atomic mass is 10.1. The fourth-order valence-corrected chi connectivity index (χ4v) is 5.20. The summed E-state index contributed by atoms with van der Waals surface area (Å²) < 4.78 is 38.8. The summed E-state index contributed by atoms with van der Waals surface area (Å²) >= 11 is 0. The molecule has 2 aromatic carbocycles. The summed E-state index contributed by atoms with van der Waals surface area (Å²) in [4.78, 5) is 16.9. The van der Waals surface area contributed by atoms with E-state index in [9.17, 15) is 13.2 Å². The molecular formula is C24H31N3O5S. The maximum absolute atomic E-state index is 13.0. The van der Waals surface area contributed by atoms with Crippen molar-refractivity contribution in [1.82, 2.24) is 9.62 Å². The van der Waals surface area contributed by atoms with Gasteiger partial charge < -0.3 is 19.3 Å². The van der Waals surface area contributed by atoms with E-state index in [4.69, 9.17) is 9.47 Å². The van der Waals surface area contributed by atoms with E-state index in [0.29, 0.717) is 18.7 Å². The zero-order valence-corrected chi connectivity index (χ0v) is 19.7. The third-order valence-corrected chi connectivity index (χ3v) is 7.42. The molecule has 0 aliphatic carbocycles. The van der Waals surface area contributed by atoms with Crippen LogP contribution in [-0.2, 0) is 26.0 Å². The highest BCUT2D eigenvalue weighted by atomic mass is 32.2. The summed E-state index contributed by atoms with van der Waals surface area (Å²) in [6.07, 6.45) is 1.70. The quantitative estimate of drug-likeness (QED) is 0.633. The molecule has 2 aliphatic heterocycles. The van der Waals surface area contributed by atoms with Gasteiger partial charge in [-0.3, -0.25) is 4.79 Å². The zero-order valence-electron chi connectivity index (χ0n) is 18.9. The topological polar surface area (TPSA) is 88.2 Å². The van der Waals surface area contributed by atoms with Gasteiger partial charge in [-0.1, -0.05) is 18.2 Å². The Bertz CT molecular complexity index is 1050. The molecule has 2 fully saturated rings. The van der Waals surface area contributed by atoms with Crippen molar-refractivity contribution in [2.45, 2.75) is 30.4 Å². The van der Waals surface area contributed by atoms with Crippen molar-refractivity contribution in [2.75, 3.05) is 51.4 Å². The molecule has 2 aromatic rings. The van der Waals surface area contributed by atoms with Crippen LogP contribution in [0.25, 0.3) is 0 Å². The lowest BCUT2D eigenvalue weighted by Gasteiger charge is -2.29. The SMILES string of the molecule is CN(Cc1ccc(N2CCOCC2)cc1)C(=O)c1cccc(S(=O)(=O)NCC2CCCO2)c1. The van der Waals surface area contributed by atoms with Crippen LogP contribution in [0.5, 0.6) is 0 Å². The Morgan fingerprint density at radius 2 is 1.88 bits per heavy atom. The summed E-state index contributed by atoms with van der Waals surface area (Å²) in [5.74, 6) is -0.233. The Morgan fingerprint density at radius 1 is 1.12 bits per heavy atom. The predicted molar refractivity (Wildman–Crippen MR) is 126 cm³/mol. The fraction of sp³-hybridized carbons (Fsp3) is 0.458. The fourth-order valence-electron chi connectivity index (χ4n) is 4.09. The predicted octanol–water partition coefficient (Wildman–Crippen LogP) is 2.25. The molecule has 0 spiro atoms. The van der Waals surface area contributed by atoms with Crippen molar-refractivity contribution in [1.29, 1.82) is 0 Å². The van der Waals surface area contributed by atoms with E-state index < -0.39 is 10.0 Å². The maximum Gasteiger partial charge on any atom is 0.253 e. The number of ether oxygens (including phenoxy) is 2. The summed E-state index contributed by atoms with van der Waals surface area (Å²) in [7, 11) is -2.00. The van der Waals surface area contributed by atoms with Gasteiger partial charge in [0.2, 0.25) is 10.0 Å². The van der Waals surface area contributed by atoms with E-state index in [0.717, 1.165) is 50.4 Å². The van der Waals surface area contributed by atoms with Gasteiger partial charge in [0.05, 0.1) is 24.2 Å². The summed E-state index contributed by atoms with van der Waals surface area (Å²) in [6.45, 7) is 4.55. The average Bonchev–Trinajstić information content (AvgIpc) is 3.37. The first-order chi connectivity index (χ1) is 15.9. The molecule has 1 N–H and O–H groups in total. The number of hydrogen-bond donors (Lipinski definition) is 1. The summed E-state index contributed by atoms with van der Waals surface area (Å²) in [5.41, 5.74) is 2.48. The number of benzene rings is 2. The van der Waals surface area contributed by atoms with E-state index in [1.165, 1.54) is 12.1 Å².